The van der Waals surface area contributed by atoms with Crippen LogP contribution in [0.2, 0.25) is 0 Å². The Labute approximate surface area is 195 Å². The van der Waals surface area contributed by atoms with Crippen molar-refractivity contribution in [3.8, 4) is 0 Å². The number of rotatable bonds is 4. The van der Waals surface area contributed by atoms with Crippen molar-refractivity contribution in [3.63, 3.8) is 0 Å². The zero-order valence-electron chi connectivity index (χ0n) is 18.5. The van der Waals surface area contributed by atoms with E-state index in [-0.39, 0.29) is 23.4 Å². The second-order valence-electron chi connectivity index (χ2n) is 8.70. The maximum atomic E-state index is 13.9. The van der Waals surface area contributed by atoms with Crippen LogP contribution >= 0.6 is 11.5 Å². The molecule has 0 saturated carbocycles. The molecule has 1 N–H and O–H groups in total. The molecule has 2 fully saturated rings. The summed E-state index contributed by atoms with van der Waals surface area (Å²) in [7, 11) is 0. The van der Waals surface area contributed by atoms with Crippen LogP contribution < -0.4 is 10.2 Å². The predicted octanol–water partition coefficient (Wildman–Crippen LogP) is 4.23. The molecule has 4 heterocycles. The van der Waals surface area contributed by atoms with E-state index in [1.807, 2.05) is 11.8 Å². The number of nitrogens with zero attached hydrogens (tertiary/aromatic N) is 4. The van der Waals surface area contributed by atoms with Crippen molar-refractivity contribution in [1.82, 2.24) is 14.3 Å². The average Bonchev–Trinajstić information content (AvgIpc) is 3.50. The third kappa shape index (κ3) is 4.17. The van der Waals surface area contributed by atoms with E-state index < -0.39 is 5.82 Å². The van der Waals surface area contributed by atoms with Gasteiger partial charge in [-0.2, -0.15) is 4.37 Å². The van der Waals surface area contributed by atoms with E-state index in [0.717, 1.165) is 47.5 Å². The highest BCUT2D eigenvalue weighted by Crippen LogP contribution is 2.37. The number of hydrogen-bond acceptors (Lipinski definition) is 6. The topological polar surface area (TPSA) is 78.4 Å². The number of para-hydroxylation sites is 1. The summed E-state index contributed by atoms with van der Waals surface area (Å²) in [4.78, 5) is 35.5. The summed E-state index contributed by atoms with van der Waals surface area (Å²) in [6, 6.07) is 6.20. The van der Waals surface area contributed by atoms with E-state index in [9.17, 15) is 14.0 Å². The van der Waals surface area contributed by atoms with Gasteiger partial charge in [-0.25, -0.2) is 9.37 Å². The largest absolute Gasteiger partial charge is 0.370 e. The van der Waals surface area contributed by atoms with Crippen LogP contribution in [0, 0.1) is 18.7 Å². The highest BCUT2D eigenvalue weighted by atomic mass is 32.1. The van der Waals surface area contributed by atoms with Crippen LogP contribution in [0.4, 0.5) is 15.8 Å². The van der Waals surface area contributed by atoms with E-state index in [0.29, 0.717) is 31.5 Å². The zero-order chi connectivity index (χ0) is 22.9. The summed E-state index contributed by atoms with van der Waals surface area (Å²) in [5, 5.41) is 3.65. The van der Waals surface area contributed by atoms with Gasteiger partial charge in [0.2, 0.25) is 5.91 Å². The summed E-state index contributed by atoms with van der Waals surface area (Å²) in [6.45, 7) is 4.75. The van der Waals surface area contributed by atoms with Gasteiger partial charge in [-0.3, -0.25) is 9.59 Å². The number of hydrogen-bond donors (Lipinski definition) is 1. The number of likely N-dealkylation sites (tertiary alicyclic amines) is 1. The number of aromatic nitrogens is 2. The first-order valence-corrected chi connectivity index (χ1v) is 12.1. The number of carbonyl (C=O) groups is 2. The van der Waals surface area contributed by atoms with Crippen molar-refractivity contribution in [3.05, 3.63) is 47.5 Å². The third-order valence-electron chi connectivity index (χ3n) is 6.58. The van der Waals surface area contributed by atoms with E-state index in [1.54, 1.807) is 24.4 Å². The molecule has 9 heteroatoms. The lowest BCUT2D eigenvalue weighted by atomic mass is 9.94. The summed E-state index contributed by atoms with van der Waals surface area (Å²) < 4.78 is 18.4. The highest BCUT2D eigenvalue weighted by Gasteiger charge is 2.31. The second kappa shape index (κ2) is 9.05. The number of nitrogens with one attached hydrogen (secondary N) is 1. The first kappa shape index (κ1) is 21.8. The number of fused-ring (bicyclic) bond motifs is 1. The van der Waals surface area contributed by atoms with Crippen molar-refractivity contribution < 1.29 is 14.0 Å². The number of halogens is 1. The van der Waals surface area contributed by atoms with Gasteiger partial charge in [-0.15, -0.1) is 0 Å². The van der Waals surface area contributed by atoms with Gasteiger partial charge < -0.3 is 15.1 Å². The Morgan fingerprint density at radius 2 is 1.85 bits per heavy atom. The van der Waals surface area contributed by atoms with Crippen LogP contribution in [-0.2, 0) is 4.79 Å². The maximum Gasteiger partial charge on any atom is 0.257 e. The molecule has 0 radical (unpaired) electrons. The van der Waals surface area contributed by atoms with Crippen molar-refractivity contribution in [1.29, 1.82) is 0 Å². The SMILES string of the molecule is Cc1nsc2ncc(C(=O)N3CCCC3)c(N3CCC(C(=O)Nc4ccccc4F)CC3)c12. The van der Waals surface area contributed by atoms with Crippen molar-refractivity contribution in [2.24, 2.45) is 5.92 Å². The van der Waals surface area contributed by atoms with Crippen LogP contribution in [0.5, 0.6) is 0 Å². The lowest BCUT2D eigenvalue weighted by molar-refractivity contribution is -0.120. The van der Waals surface area contributed by atoms with Gasteiger partial charge in [0, 0.05) is 38.3 Å². The van der Waals surface area contributed by atoms with E-state index >= 15 is 0 Å². The quantitative estimate of drug-likeness (QED) is 0.621. The van der Waals surface area contributed by atoms with E-state index in [2.05, 4.69) is 19.6 Å². The molecule has 5 rings (SSSR count). The van der Waals surface area contributed by atoms with E-state index in [1.165, 1.54) is 17.6 Å². The summed E-state index contributed by atoms with van der Waals surface area (Å²) in [6.07, 6.45) is 4.99. The monoisotopic (exact) mass is 467 g/mol. The lowest BCUT2D eigenvalue weighted by Crippen LogP contribution is -2.39. The van der Waals surface area contributed by atoms with Crippen molar-refractivity contribution in [2.45, 2.75) is 32.6 Å². The summed E-state index contributed by atoms with van der Waals surface area (Å²) >= 11 is 1.34. The van der Waals surface area contributed by atoms with Gasteiger partial charge in [0.1, 0.15) is 10.6 Å². The molecule has 0 bridgehead atoms. The number of amides is 2. The molecule has 7 nitrogen and oxygen atoms in total. The Bertz CT molecular complexity index is 1200. The molecule has 2 aromatic heterocycles. The van der Waals surface area contributed by atoms with Crippen LogP contribution in [0.3, 0.4) is 0 Å². The fourth-order valence-electron chi connectivity index (χ4n) is 4.78. The molecule has 33 heavy (non-hydrogen) atoms. The fourth-order valence-corrected chi connectivity index (χ4v) is 5.53. The van der Waals surface area contributed by atoms with E-state index in [4.69, 9.17) is 0 Å². The minimum atomic E-state index is -0.437. The summed E-state index contributed by atoms with van der Waals surface area (Å²) in [5.74, 6) is -0.797. The number of pyridine rings is 1. The number of benzene rings is 1. The lowest BCUT2D eigenvalue weighted by Gasteiger charge is -2.34. The second-order valence-corrected chi connectivity index (χ2v) is 9.45. The van der Waals surface area contributed by atoms with Gasteiger partial charge in [0.15, 0.2) is 0 Å². The molecule has 2 aliphatic heterocycles. The average molecular weight is 468 g/mol. The Morgan fingerprint density at radius 1 is 1.12 bits per heavy atom. The van der Waals surface area contributed by atoms with Crippen molar-refractivity contribution >= 4 is 44.9 Å². The van der Waals surface area contributed by atoms with Crippen LogP contribution in [-0.4, -0.2) is 52.3 Å². The number of piperidine rings is 1. The number of aryl methyl sites for hydroxylation is 1. The van der Waals surface area contributed by atoms with Gasteiger partial charge in [0.05, 0.1) is 28.0 Å². The molecule has 1 aromatic carbocycles. The first-order chi connectivity index (χ1) is 16.0. The molecule has 2 aliphatic rings. The molecule has 0 atom stereocenters. The predicted molar refractivity (Wildman–Crippen MR) is 127 cm³/mol. The standard InChI is InChI=1S/C24H26FN5O2S/c1-15-20-21(17(14-26-23(20)33-28-15)24(32)30-10-4-5-11-30)29-12-8-16(9-13-29)22(31)27-19-7-3-2-6-18(19)25/h2-3,6-7,14,16H,4-5,8-13H2,1H3,(H,27,31). The molecule has 0 unspecified atom stereocenters. The van der Waals surface area contributed by atoms with Gasteiger partial charge in [0.25, 0.3) is 5.91 Å². The minimum absolute atomic E-state index is 0.0157. The Hall–Kier alpha value is -3.07. The minimum Gasteiger partial charge on any atom is -0.370 e. The van der Waals surface area contributed by atoms with Crippen molar-refractivity contribution in [2.75, 3.05) is 36.4 Å². The molecule has 0 aliphatic carbocycles. The molecule has 2 saturated heterocycles. The molecule has 0 spiro atoms. The van der Waals surface area contributed by atoms with Gasteiger partial charge in [-0.1, -0.05) is 12.1 Å². The normalized spacial score (nSPS) is 17.0. The first-order valence-electron chi connectivity index (χ1n) is 11.4. The Balaban J connectivity index is 1.38. The Kier molecular flexibility index (Phi) is 5.97. The smallest absolute Gasteiger partial charge is 0.257 e. The maximum absolute atomic E-state index is 13.9. The van der Waals surface area contributed by atoms with Crippen LogP contribution in [0.1, 0.15) is 41.7 Å². The van der Waals surface area contributed by atoms with Crippen LogP contribution in [0.25, 0.3) is 10.2 Å². The zero-order valence-corrected chi connectivity index (χ0v) is 19.3. The number of anilines is 2. The highest BCUT2D eigenvalue weighted by molar-refractivity contribution is 7.13. The van der Waals surface area contributed by atoms with Gasteiger partial charge >= 0.3 is 0 Å². The fraction of sp³-hybridized carbons (Fsp3) is 0.417. The molecule has 172 valence electrons. The molecule has 2 amide bonds. The molecular formula is C24H26FN5O2S. The third-order valence-corrected chi connectivity index (χ3v) is 7.43. The van der Waals surface area contributed by atoms with Gasteiger partial charge in [-0.05, 0) is 56.3 Å². The number of carbonyl (C=O) groups excluding carboxylic acids is 2. The Morgan fingerprint density at radius 3 is 2.58 bits per heavy atom. The summed E-state index contributed by atoms with van der Waals surface area (Å²) in [5.41, 5.74) is 2.57. The van der Waals surface area contributed by atoms with Crippen LogP contribution in [0.15, 0.2) is 30.5 Å². The molecular weight excluding hydrogens is 441 g/mol. The molecule has 3 aromatic rings.